The Morgan fingerprint density at radius 3 is 2.20 bits per heavy atom. The molecule has 0 bridgehead atoms. The zero-order valence-corrected chi connectivity index (χ0v) is 36.5. The standard InChI is InChI=1S/C45H54F3NO15/c1-8-9-10-11-15-29(52)44(58)17-25-33(39(56)35-34(37(25)54)36(53)24-13-12-14-27(59-7)32(24)38(35)55)28(18-44)63-30-16-26(49-43(57)45(46,47)48)40(21(4)60-30)64-42-19(2)31(20(3)50)41(22(5)61-42)62-23(6)51/h12-14,19,21-22,26,28,30-31,40-42,54,56,58H,8-11,15-18H2,1-7H3,(H,49,57)/t19?,21?,22?,26?,28-,30?,31?,40?,41?,42?,44-/m0/s1. The predicted octanol–water partition coefficient (Wildman–Crippen LogP) is 5.24. The van der Waals surface area contributed by atoms with Gasteiger partial charge in [0.25, 0.3) is 0 Å². The first-order chi connectivity index (χ1) is 30.0. The minimum absolute atomic E-state index is 0.00534. The molecule has 19 heteroatoms. The molecule has 4 N–H and O–H groups in total. The van der Waals surface area contributed by atoms with Gasteiger partial charge in [0.2, 0.25) is 5.78 Å². The number of ketones is 4. The number of Topliss-reactive ketones (excluding diaryl/α,β-unsaturated/α-hetero) is 2. The molecule has 2 aliphatic heterocycles. The summed E-state index contributed by atoms with van der Waals surface area (Å²) in [7, 11) is 1.27. The summed E-state index contributed by atoms with van der Waals surface area (Å²) < 4.78 is 77.1. The van der Waals surface area contributed by atoms with E-state index in [1.54, 1.807) is 6.92 Å². The Labute approximate surface area is 367 Å². The third-order valence-corrected chi connectivity index (χ3v) is 12.6. The van der Waals surface area contributed by atoms with Gasteiger partial charge in [0.05, 0.1) is 54.1 Å². The van der Waals surface area contributed by atoms with Gasteiger partial charge in [-0.1, -0.05) is 45.2 Å². The van der Waals surface area contributed by atoms with Crippen LogP contribution in [-0.4, -0.2) is 112 Å². The summed E-state index contributed by atoms with van der Waals surface area (Å²) >= 11 is 0. The molecule has 2 aromatic carbocycles. The van der Waals surface area contributed by atoms with E-state index in [4.69, 9.17) is 28.4 Å². The molecule has 0 spiro atoms. The van der Waals surface area contributed by atoms with E-state index in [0.29, 0.717) is 12.8 Å². The van der Waals surface area contributed by atoms with Gasteiger partial charge >= 0.3 is 18.1 Å². The number of esters is 1. The normalized spacial score (nSPS) is 30.1. The Hall–Kier alpha value is -4.95. The van der Waals surface area contributed by atoms with Crippen molar-refractivity contribution in [2.24, 2.45) is 11.8 Å². The van der Waals surface area contributed by atoms with Gasteiger partial charge < -0.3 is 49.1 Å². The number of hydrogen-bond acceptors (Lipinski definition) is 15. The van der Waals surface area contributed by atoms with E-state index < -0.39 is 144 Å². The number of fused-ring (bicyclic) bond motifs is 3. The van der Waals surface area contributed by atoms with Gasteiger partial charge in [-0.3, -0.25) is 28.8 Å². The van der Waals surface area contributed by atoms with Crippen molar-refractivity contribution in [1.82, 2.24) is 5.32 Å². The number of phenols is 2. The molecule has 2 heterocycles. The molecule has 11 atom stereocenters. The lowest BCUT2D eigenvalue weighted by Crippen LogP contribution is -2.61. The second kappa shape index (κ2) is 18.9. The number of methoxy groups -OCH3 is 1. The third kappa shape index (κ3) is 9.27. The summed E-state index contributed by atoms with van der Waals surface area (Å²) in [5.41, 5.74) is -4.32. The van der Waals surface area contributed by atoms with Crippen LogP contribution >= 0.6 is 0 Å². The van der Waals surface area contributed by atoms with E-state index in [2.05, 4.69) is 0 Å². The number of benzene rings is 2. The van der Waals surface area contributed by atoms with Crippen LogP contribution in [0.4, 0.5) is 13.2 Å². The minimum atomic E-state index is -5.35. The third-order valence-electron chi connectivity index (χ3n) is 12.6. The largest absolute Gasteiger partial charge is 0.507 e. The SMILES string of the molecule is CCCCCCC(=O)[C@]1(O)Cc2c(O)c3c(c(O)c2[C@@H](OC2CC(NC(=O)C(F)(F)F)C(OC4OC(C)C(OC(C)=O)C(C(C)=O)C4C)C(C)O2)C1)C(=O)c1c(OC)cccc1C3=O. The summed E-state index contributed by atoms with van der Waals surface area (Å²) in [4.78, 5) is 79.3. The molecule has 6 rings (SSSR count). The number of ether oxygens (including phenoxy) is 6. The predicted molar refractivity (Wildman–Crippen MR) is 216 cm³/mol. The highest BCUT2D eigenvalue weighted by Crippen LogP contribution is 2.53. The lowest BCUT2D eigenvalue weighted by Gasteiger charge is -2.47. The molecule has 0 radical (unpaired) electrons. The van der Waals surface area contributed by atoms with E-state index in [-0.39, 0.29) is 40.2 Å². The molecule has 2 fully saturated rings. The number of aliphatic hydroxyl groups is 1. The van der Waals surface area contributed by atoms with Crippen LogP contribution < -0.4 is 10.1 Å². The number of rotatable bonds is 14. The second-order valence-electron chi connectivity index (χ2n) is 17.1. The van der Waals surface area contributed by atoms with Crippen LogP contribution in [0.5, 0.6) is 17.2 Å². The zero-order chi connectivity index (χ0) is 47.2. The van der Waals surface area contributed by atoms with Crippen LogP contribution in [-0.2, 0) is 49.3 Å². The maximum atomic E-state index is 14.2. The van der Waals surface area contributed by atoms with E-state index in [1.807, 2.05) is 12.2 Å². The van der Waals surface area contributed by atoms with E-state index in [9.17, 15) is 57.3 Å². The Bertz CT molecular complexity index is 2190. The molecule has 2 aromatic rings. The molecule has 64 heavy (non-hydrogen) atoms. The van der Waals surface area contributed by atoms with Crippen LogP contribution in [0.15, 0.2) is 18.2 Å². The Balaban J connectivity index is 1.38. The first-order valence-electron chi connectivity index (χ1n) is 21.3. The number of amides is 1. The van der Waals surface area contributed by atoms with Crippen molar-refractivity contribution < 1.29 is 85.7 Å². The first-order valence-corrected chi connectivity index (χ1v) is 21.3. The zero-order valence-electron chi connectivity index (χ0n) is 36.5. The molecule has 2 aliphatic carbocycles. The fraction of sp³-hybridized carbons (Fsp3) is 0.600. The van der Waals surface area contributed by atoms with E-state index in [1.165, 1.54) is 53.0 Å². The number of hydrogen-bond donors (Lipinski definition) is 4. The molecule has 16 nitrogen and oxygen atoms in total. The molecule has 350 valence electrons. The smallest absolute Gasteiger partial charge is 0.471 e. The van der Waals surface area contributed by atoms with E-state index in [0.717, 1.165) is 12.8 Å². The fourth-order valence-corrected chi connectivity index (χ4v) is 9.55. The Kier molecular flexibility index (Phi) is 14.3. The van der Waals surface area contributed by atoms with Gasteiger partial charge in [-0.25, -0.2) is 0 Å². The van der Waals surface area contributed by atoms with Gasteiger partial charge in [-0.15, -0.1) is 0 Å². The second-order valence-corrected chi connectivity index (χ2v) is 17.1. The molecular weight excluding hydrogens is 851 g/mol. The van der Waals surface area contributed by atoms with Crippen molar-refractivity contribution in [3.05, 3.63) is 51.6 Å². The van der Waals surface area contributed by atoms with Gasteiger partial charge in [-0.05, 0) is 33.3 Å². The lowest BCUT2D eigenvalue weighted by atomic mass is 9.71. The Morgan fingerprint density at radius 2 is 1.58 bits per heavy atom. The van der Waals surface area contributed by atoms with Crippen LogP contribution in [0.3, 0.4) is 0 Å². The van der Waals surface area contributed by atoms with Crippen molar-refractivity contribution >= 4 is 35.0 Å². The maximum Gasteiger partial charge on any atom is 0.471 e. The van der Waals surface area contributed by atoms with Crippen LogP contribution in [0, 0.1) is 11.8 Å². The van der Waals surface area contributed by atoms with Gasteiger partial charge in [0, 0.05) is 55.2 Å². The molecule has 1 amide bonds. The molecule has 0 aromatic heterocycles. The quantitative estimate of drug-likeness (QED) is 0.0921. The summed E-state index contributed by atoms with van der Waals surface area (Å²) in [5.74, 6) is -9.12. The number of carbonyl (C=O) groups is 6. The lowest BCUT2D eigenvalue weighted by molar-refractivity contribution is -0.312. The molecule has 9 unspecified atom stereocenters. The van der Waals surface area contributed by atoms with Gasteiger partial charge in [0.1, 0.15) is 40.8 Å². The van der Waals surface area contributed by atoms with Crippen molar-refractivity contribution in [2.75, 3.05) is 7.11 Å². The van der Waals surface area contributed by atoms with Crippen molar-refractivity contribution in [3.63, 3.8) is 0 Å². The summed E-state index contributed by atoms with van der Waals surface area (Å²) in [6, 6.07) is 2.68. The summed E-state index contributed by atoms with van der Waals surface area (Å²) in [5, 5.41) is 38.0. The number of nitrogens with one attached hydrogen (secondary N) is 1. The van der Waals surface area contributed by atoms with Crippen molar-refractivity contribution in [3.8, 4) is 17.2 Å². The molecular formula is C45H54F3NO15. The summed E-state index contributed by atoms with van der Waals surface area (Å²) in [6.45, 7) is 8.94. The molecule has 2 saturated heterocycles. The molecule has 0 saturated carbocycles. The van der Waals surface area contributed by atoms with Gasteiger partial charge in [0.15, 0.2) is 24.1 Å². The topological polar surface area (TPSA) is 231 Å². The fourth-order valence-electron chi connectivity index (χ4n) is 9.55. The average Bonchev–Trinajstić information content (AvgIpc) is 3.21. The van der Waals surface area contributed by atoms with Crippen LogP contribution in [0.2, 0.25) is 0 Å². The van der Waals surface area contributed by atoms with Crippen molar-refractivity contribution in [2.45, 2.75) is 154 Å². The molecule has 4 aliphatic rings. The number of alkyl halides is 3. The van der Waals surface area contributed by atoms with Crippen LogP contribution in [0.1, 0.15) is 136 Å². The van der Waals surface area contributed by atoms with Gasteiger partial charge in [-0.2, -0.15) is 13.2 Å². The number of aromatic hydroxyl groups is 2. The van der Waals surface area contributed by atoms with E-state index >= 15 is 0 Å². The maximum absolute atomic E-state index is 14.2. The number of phenolic OH excluding ortho intramolecular Hbond substituents is 2. The number of unbranched alkanes of at least 4 members (excludes halogenated alkanes) is 3. The highest BCUT2D eigenvalue weighted by Gasteiger charge is 2.53. The highest BCUT2D eigenvalue weighted by molar-refractivity contribution is 6.31. The van der Waals surface area contributed by atoms with Crippen LogP contribution in [0.25, 0.3) is 0 Å². The van der Waals surface area contributed by atoms with Crippen molar-refractivity contribution in [1.29, 1.82) is 0 Å². The average molecular weight is 906 g/mol. The summed E-state index contributed by atoms with van der Waals surface area (Å²) in [6.07, 6.45) is -13.5. The highest BCUT2D eigenvalue weighted by atomic mass is 19.4. The monoisotopic (exact) mass is 905 g/mol. The Morgan fingerprint density at radius 1 is 0.906 bits per heavy atom. The first kappa shape index (κ1) is 48.5. The number of halogens is 3. The minimum Gasteiger partial charge on any atom is -0.507 e. The number of carbonyl (C=O) groups excluding carboxylic acids is 6.